The molecule has 0 radical (unpaired) electrons. The summed E-state index contributed by atoms with van der Waals surface area (Å²) in [4.78, 5) is 0. The van der Waals surface area contributed by atoms with Crippen LogP contribution in [0.5, 0.6) is 0 Å². The van der Waals surface area contributed by atoms with Gasteiger partial charge in [0.25, 0.3) is 0 Å². The third-order valence-electron chi connectivity index (χ3n) is 2.13. The molecule has 0 heterocycles. The molecular weight excluding hydrogens is 156 g/mol. The number of hydrogen-bond acceptors (Lipinski definition) is 3. The van der Waals surface area contributed by atoms with Crippen LogP contribution in [0.4, 0.5) is 0 Å². The first-order chi connectivity index (χ1) is 5.61. The molecule has 0 rings (SSSR count). The zero-order valence-corrected chi connectivity index (χ0v) is 7.90. The Labute approximate surface area is 74.0 Å². The molecule has 0 saturated heterocycles. The number of aliphatic hydroxyl groups excluding tert-OH is 3. The van der Waals surface area contributed by atoms with Gasteiger partial charge in [0.2, 0.25) is 0 Å². The zero-order valence-electron chi connectivity index (χ0n) is 7.90. The van der Waals surface area contributed by atoms with Gasteiger partial charge in [-0.3, -0.25) is 0 Å². The van der Waals surface area contributed by atoms with E-state index in [0.29, 0.717) is 25.7 Å². The second-order valence-corrected chi connectivity index (χ2v) is 3.18. The van der Waals surface area contributed by atoms with Crippen LogP contribution in [0.1, 0.15) is 39.5 Å². The Balaban J connectivity index is 3.49. The van der Waals surface area contributed by atoms with Crippen molar-refractivity contribution in [2.75, 3.05) is 0 Å². The highest BCUT2D eigenvalue weighted by atomic mass is 16.3. The minimum Gasteiger partial charge on any atom is -0.393 e. The average Bonchev–Trinajstić information content (AvgIpc) is 2.11. The topological polar surface area (TPSA) is 60.7 Å². The fourth-order valence-corrected chi connectivity index (χ4v) is 1.03. The molecule has 3 N–H and O–H groups in total. The van der Waals surface area contributed by atoms with E-state index in [9.17, 15) is 10.2 Å². The monoisotopic (exact) mass is 176 g/mol. The third-order valence-corrected chi connectivity index (χ3v) is 2.13. The Hall–Kier alpha value is -0.120. The summed E-state index contributed by atoms with van der Waals surface area (Å²) < 4.78 is 0. The fraction of sp³-hybridized carbons (Fsp3) is 1.00. The standard InChI is InChI=1S/C9H20O3/c1-3-7(10)5-6-9(12)8(11)4-2/h7-12H,3-6H2,1-2H3. The molecule has 0 aliphatic carbocycles. The summed E-state index contributed by atoms with van der Waals surface area (Å²) in [5, 5.41) is 27.6. The lowest BCUT2D eigenvalue weighted by molar-refractivity contribution is 0.00384. The predicted octanol–water partition coefficient (Wildman–Crippen LogP) is 0.669. The zero-order chi connectivity index (χ0) is 9.56. The molecule has 0 amide bonds. The van der Waals surface area contributed by atoms with Crippen molar-refractivity contribution >= 4 is 0 Å². The minimum absolute atomic E-state index is 0.344. The van der Waals surface area contributed by atoms with Gasteiger partial charge in [0, 0.05) is 0 Å². The highest BCUT2D eigenvalue weighted by Crippen LogP contribution is 2.09. The smallest absolute Gasteiger partial charge is 0.0800 e. The maximum atomic E-state index is 9.30. The molecule has 0 aromatic rings. The molecule has 0 spiro atoms. The molecule has 3 unspecified atom stereocenters. The first kappa shape index (κ1) is 11.9. The summed E-state index contributed by atoms with van der Waals surface area (Å²) in [6.07, 6.45) is 0.630. The van der Waals surface area contributed by atoms with E-state index in [2.05, 4.69) is 0 Å². The van der Waals surface area contributed by atoms with Crippen molar-refractivity contribution in [3.63, 3.8) is 0 Å². The summed E-state index contributed by atoms with van der Waals surface area (Å²) in [6, 6.07) is 0. The Kier molecular flexibility index (Phi) is 6.34. The van der Waals surface area contributed by atoms with Crippen molar-refractivity contribution in [1.29, 1.82) is 0 Å². The molecule has 0 aromatic carbocycles. The van der Waals surface area contributed by atoms with Gasteiger partial charge in [-0.15, -0.1) is 0 Å². The third kappa shape index (κ3) is 4.70. The minimum atomic E-state index is -0.684. The molecule has 0 aliphatic heterocycles. The molecule has 0 aromatic heterocycles. The first-order valence-electron chi connectivity index (χ1n) is 4.66. The Morgan fingerprint density at radius 3 is 1.83 bits per heavy atom. The number of aliphatic hydroxyl groups is 3. The van der Waals surface area contributed by atoms with Gasteiger partial charge in [-0.25, -0.2) is 0 Å². The van der Waals surface area contributed by atoms with Gasteiger partial charge in [0.15, 0.2) is 0 Å². The van der Waals surface area contributed by atoms with Crippen molar-refractivity contribution in [3.05, 3.63) is 0 Å². The van der Waals surface area contributed by atoms with Crippen LogP contribution in [-0.4, -0.2) is 33.6 Å². The van der Waals surface area contributed by atoms with E-state index in [1.165, 1.54) is 0 Å². The van der Waals surface area contributed by atoms with Gasteiger partial charge in [-0.2, -0.15) is 0 Å². The summed E-state index contributed by atoms with van der Waals surface area (Å²) in [5.41, 5.74) is 0. The van der Waals surface area contributed by atoms with E-state index >= 15 is 0 Å². The van der Waals surface area contributed by atoms with E-state index in [4.69, 9.17) is 5.11 Å². The van der Waals surface area contributed by atoms with E-state index in [1.807, 2.05) is 13.8 Å². The second-order valence-electron chi connectivity index (χ2n) is 3.18. The first-order valence-corrected chi connectivity index (χ1v) is 4.66. The summed E-state index contributed by atoms with van der Waals surface area (Å²) >= 11 is 0. The fourth-order valence-electron chi connectivity index (χ4n) is 1.03. The van der Waals surface area contributed by atoms with Crippen LogP contribution in [0, 0.1) is 0 Å². The van der Waals surface area contributed by atoms with Crippen LogP contribution >= 0.6 is 0 Å². The lowest BCUT2D eigenvalue weighted by Gasteiger charge is -2.17. The maximum absolute atomic E-state index is 9.30. The van der Waals surface area contributed by atoms with Crippen LogP contribution in [0.25, 0.3) is 0 Å². The molecule has 3 heteroatoms. The lowest BCUT2D eigenvalue weighted by atomic mass is 10.0. The Morgan fingerprint density at radius 1 is 0.833 bits per heavy atom. The van der Waals surface area contributed by atoms with Gasteiger partial charge >= 0.3 is 0 Å². The molecule has 74 valence electrons. The molecule has 3 atom stereocenters. The van der Waals surface area contributed by atoms with Crippen molar-refractivity contribution in [2.24, 2.45) is 0 Å². The van der Waals surface area contributed by atoms with E-state index in [0.717, 1.165) is 0 Å². The Bertz CT molecular complexity index is 106. The molecule has 0 saturated carbocycles. The summed E-state index contributed by atoms with van der Waals surface area (Å²) in [5.74, 6) is 0. The highest BCUT2D eigenvalue weighted by molar-refractivity contribution is 4.67. The van der Waals surface area contributed by atoms with Crippen LogP contribution < -0.4 is 0 Å². The molecule has 0 fully saturated rings. The van der Waals surface area contributed by atoms with E-state index in [1.54, 1.807) is 0 Å². The molecule has 12 heavy (non-hydrogen) atoms. The van der Waals surface area contributed by atoms with Crippen molar-refractivity contribution in [1.82, 2.24) is 0 Å². The van der Waals surface area contributed by atoms with Crippen LogP contribution in [0.2, 0.25) is 0 Å². The number of rotatable bonds is 6. The van der Waals surface area contributed by atoms with Gasteiger partial charge < -0.3 is 15.3 Å². The normalized spacial score (nSPS) is 18.8. The average molecular weight is 176 g/mol. The molecule has 0 bridgehead atoms. The number of hydrogen-bond donors (Lipinski definition) is 3. The lowest BCUT2D eigenvalue weighted by Crippen LogP contribution is -2.26. The summed E-state index contributed by atoms with van der Waals surface area (Å²) in [6.45, 7) is 3.72. The molecule has 0 aliphatic rings. The van der Waals surface area contributed by atoms with E-state index in [-0.39, 0.29) is 6.10 Å². The van der Waals surface area contributed by atoms with Crippen LogP contribution in [0.15, 0.2) is 0 Å². The van der Waals surface area contributed by atoms with Gasteiger partial charge in [0.05, 0.1) is 18.3 Å². The second kappa shape index (κ2) is 6.40. The highest BCUT2D eigenvalue weighted by Gasteiger charge is 2.14. The van der Waals surface area contributed by atoms with Crippen molar-refractivity contribution in [2.45, 2.75) is 57.8 Å². The van der Waals surface area contributed by atoms with Gasteiger partial charge in [-0.1, -0.05) is 13.8 Å². The Morgan fingerprint density at radius 2 is 1.42 bits per heavy atom. The summed E-state index contributed by atoms with van der Waals surface area (Å²) in [7, 11) is 0. The van der Waals surface area contributed by atoms with E-state index < -0.39 is 12.2 Å². The maximum Gasteiger partial charge on any atom is 0.0800 e. The largest absolute Gasteiger partial charge is 0.393 e. The molecule has 3 nitrogen and oxygen atoms in total. The van der Waals surface area contributed by atoms with Crippen LogP contribution in [-0.2, 0) is 0 Å². The molecular formula is C9H20O3. The van der Waals surface area contributed by atoms with Crippen molar-refractivity contribution in [3.8, 4) is 0 Å². The van der Waals surface area contributed by atoms with Crippen LogP contribution in [0.3, 0.4) is 0 Å². The predicted molar refractivity (Wildman–Crippen MR) is 47.8 cm³/mol. The quantitative estimate of drug-likeness (QED) is 0.557. The van der Waals surface area contributed by atoms with Gasteiger partial charge in [-0.05, 0) is 25.7 Å². The SMILES string of the molecule is CCC(O)CCC(O)C(O)CC. The van der Waals surface area contributed by atoms with Gasteiger partial charge in [0.1, 0.15) is 0 Å². The van der Waals surface area contributed by atoms with Crippen molar-refractivity contribution < 1.29 is 15.3 Å².